The second-order valence-corrected chi connectivity index (χ2v) is 8.13. The van der Waals surface area contributed by atoms with Crippen molar-refractivity contribution in [2.24, 2.45) is 0 Å². The van der Waals surface area contributed by atoms with Crippen molar-refractivity contribution in [1.82, 2.24) is 4.90 Å². The Morgan fingerprint density at radius 2 is 1.69 bits per heavy atom. The molecule has 0 aromatic heterocycles. The van der Waals surface area contributed by atoms with Crippen molar-refractivity contribution in [1.29, 1.82) is 0 Å². The minimum Gasteiger partial charge on any atom is -0.462 e. The zero-order valence-corrected chi connectivity index (χ0v) is 18.6. The molecule has 0 aliphatic carbocycles. The largest absolute Gasteiger partial charge is 0.462 e. The Labute approximate surface area is 189 Å². The Morgan fingerprint density at radius 1 is 0.969 bits per heavy atom. The number of amides is 1. The van der Waals surface area contributed by atoms with Crippen molar-refractivity contribution >= 4 is 17.6 Å². The molecule has 0 spiro atoms. The summed E-state index contributed by atoms with van der Waals surface area (Å²) in [5.74, 6) is -0.597. The zero-order chi connectivity index (χ0) is 22.5. The highest BCUT2D eigenvalue weighted by molar-refractivity contribution is 6.05. The predicted octanol–water partition coefficient (Wildman–Crippen LogP) is 4.98. The highest BCUT2D eigenvalue weighted by atomic mass is 16.5. The summed E-state index contributed by atoms with van der Waals surface area (Å²) in [6.45, 7) is 6.82. The van der Waals surface area contributed by atoms with Crippen molar-refractivity contribution in [3.8, 4) is 0 Å². The van der Waals surface area contributed by atoms with Crippen molar-refractivity contribution < 1.29 is 14.3 Å². The summed E-state index contributed by atoms with van der Waals surface area (Å²) < 4.78 is 5.05. The third-order valence-corrected chi connectivity index (χ3v) is 5.83. The summed E-state index contributed by atoms with van der Waals surface area (Å²) in [5, 5.41) is 2.92. The number of fused-ring (bicyclic) bond motifs is 1. The van der Waals surface area contributed by atoms with Gasteiger partial charge in [-0.15, -0.1) is 0 Å². The lowest BCUT2D eigenvalue weighted by Crippen LogP contribution is -2.29. The number of anilines is 1. The molecule has 164 valence electrons. The van der Waals surface area contributed by atoms with Crippen molar-refractivity contribution in [2.45, 2.75) is 33.4 Å². The van der Waals surface area contributed by atoms with E-state index in [1.165, 1.54) is 16.7 Å². The molecular formula is C27H28N2O3. The van der Waals surface area contributed by atoms with E-state index in [-0.39, 0.29) is 5.91 Å². The van der Waals surface area contributed by atoms with Gasteiger partial charge in [0.15, 0.2) is 0 Å². The molecule has 3 aromatic rings. The zero-order valence-electron chi connectivity index (χ0n) is 18.6. The summed E-state index contributed by atoms with van der Waals surface area (Å²) >= 11 is 0. The van der Waals surface area contributed by atoms with Gasteiger partial charge in [-0.2, -0.15) is 0 Å². The molecule has 0 unspecified atom stereocenters. The molecule has 0 bridgehead atoms. The van der Waals surface area contributed by atoms with Crippen molar-refractivity contribution in [3.05, 3.63) is 100 Å². The van der Waals surface area contributed by atoms with Crippen LogP contribution in [0.2, 0.25) is 0 Å². The van der Waals surface area contributed by atoms with E-state index >= 15 is 0 Å². The number of rotatable bonds is 6. The summed E-state index contributed by atoms with van der Waals surface area (Å²) in [6.07, 6.45) is 1.07. The quantitative estimate of drug-likeness (QED) is 0.563. The Morgan fingerprint density at radius 3 is 2.44 bits per heavy atom. The molecule has 5 heteroatoms. The standard InChI is InChI=1S/C27H28N2O3/c1-3-32-27(31)23-11-8-19(2)25(16-23)28-26(30)22-12-9-20(10-13-22)17-29-15-14-21-6-4-5-7-24(21)18-29/h4-13,16H,3,14-15,17-18H2,1-2H3,(H,28,30). The number of benzene rings is 3. The molecule has 32 heavy (non-hydrogen) atoms. The fraction of sp³-hybridized carbons (Fsp3) is 0.259. The van der Waals surface area contributed by atoms with Gasteiger partial charge in [-0.3, -0.25) is 9.69 Å². The third-order valence-electron chi connectivity index (χ3n) is 5.83. The van der Waals surface area contributed by atoms with Crippen LogP contribution in [0.25, 0.3) is 0 Å². The van der Waals surface area contributed by atoms with E-state index in [9.17, 15) is 9.59 Å². The third kappa shape index (κ3) is 5.06. The summed E-state index contributed by atoms with van der Waals surface area (Å²) in [5.41, 5.74) is 6.52. The molecule has 0 saturated carbocycles. The maximum atomic E-state index is 12.8. The van der Waals surface area contributed by atoms with Gasteiger partial charge in [0.25, 0.3) is 5.91 Å². The Hall–Kier alpha value is -3.44. The van der Waals surface area contributed by atoms with Gasteiger partial charge in [0.05, 0.1) is 12.2 Å². The van der Waals surface area contributed by atoms with E-state index in [0.717, 1.165) is 31.6 Å². The number of nitrogens with one attached hydrogen (secondary N) is 1. The molecule has 3 aromatic carbocycles. The highest BCUT2D eigenvalue weighted by Gasteiger charge is 2.16. The van der Waals surface area contributed by atoms with E-state index in [0.29, 0.717) is 23.4 Å². The number of hydrogen-bond acceptors (Lipinski definition) is 4. The topological polar surface area (TPSA) is 58.6 Å². The van der Waals surface area contributed by atoms with Crippen LogP contribution in [-0.4, -0.2) is 29.9 Å². The van der Waals surface area contributed by atoms with Crippen LogP contribution in [0.5, 0.6) is 0 Å². The van der Waals surface area contributed by atoms with Crippen molar-refractivity contribution in [2.75, 3.05) is 18.5 Å². The van der Waals surface area contributed by atoms with Gasteiger partial charge in [0.1, 0.15) is 0 Å². The fourth-order valence-electron chi connectivity index (χ4n) is 4.00. The van der Waals surface area contributed by atoms with Crippen molar-refractivity contribution in [3.63, 3.8) is 0 Å². The first-order valence-corrected chi connectivity index (χ1v) is 11.0. The van der Waals surface area contributed by atoms with Gasteiger partial charge < -0.3 is 10.1 Å². The van der Waals surface area contributed by atoms with E-state index < -0.39 is 5.97 Å². The molecule has 0 radical (unpaired) electrons. The number of hydrogen-bond donors (Lipinski definition) is 1. The molecule has 4 rings (SSSR count). The maximum absolute atomic E-state index is 12.8. The first kappa shape index (κ1) is 21.8. The van der Waals surface area contributed by atoms with E-state index in [1.807, 2.05) is 37.3 Å². The van der Waals surface area contributed by atoms with Crippen LogP contribution >= 0.6 is 0 Å². The summed E-state index contributed by atoms with van der Waals surface area (Å²) in [4.78, 5) is 27.2. The van der Waals surface area contributed by atoms with Gasteiger partial charge in [0, 0.05) is 30.9 Å². The van der Waals surface area contributed by atoms with Gasteiger partial charge in [-0.05, 0) is 66.8 Å². The minimum atomic E-state index is -0.396. The number of esters is 1. The van der Waals surface area contributed by atoms with Crippen LogP contribution in [0.4, 0.5) is 5.69 Å². The lowest BCUT2D eigenvalue weighted by Gasteiger charge is -2.28. The fourth-order valence-corrected chi connectivity index (χ4v) is 4.00. The predicted molar refractivity (Wildman–Crippen MR) is 126 cm³/mol. The number of nitrogens with zero attached hydrogens (tertiary/aromatic N) is 1. The van der Waals surface area contributed by atoms with Crippen LogP contribution in [0.15, 0.2) is 66.7 Å². The smallest absolute Gasteiger partial charge is 0.338 e. The lowest BCUT2D eigenvalue weighted by molar-refractivity contribution is 0.0526. The molecule has 1 heterocycles. The molecule has 0 saturated heterocycles. The molecule has 5 nitrogen and oxygen atoms in total. The molecule has 0 fully saturated rings. The van der Waals surface area contributed by atoms with Crippen LogP contribution in [0.3, 0.4) is 0 Å². The van der Waals surface area contributed by atoms with Gasteiger partial charge in [-0.25, -0.2) is 4.79 Å². The van der Waals surface area contributed by atoms with Gasteiger partial charge in [0.2, 0.25) is 0 Å². The first-order valence-electron chi connectivity index (χ1n) is 11.0. The Balaban J connectivity index is 1.40. The molecule has 0 atom stereocenters. The Bertz CT molecular complexity index is 1120. The molecule has 1 aliphatic heterocycles. The van der Waals surface area contributed by atoms with E-state index in [2.05, 4.69) is 34.5 Å². The molecule has 1 N–H and O–H groups in total. The average molecular weight is 429 g/mol. The first-order chi connectivity index (χ1) is 15.5. The van der Waals surface area contributed by atoms with Gasteiger partial charge in [-0.1, -0.05) is 42.5 Å². The van der Waals surface area contributed by atoms with Gasteiger partial charge >= 0.3 is 5.97 Å². The summed E-state index contributed by atoms with van der Waals surface area (Å²) in [6, 6.07) is 21.5. The van der Waals surface area contributed by atoms with E-state index in [1.54, 1.807) is 19.1 Å². The Kier molecular flexibility index (Phi) is 6.66. The van der Waals surface area contributed by atoms with Crippen LogP contribution in [0, 0.1) is 6.92 Å². The number of carbonyl (C=O) groups excluding carboxylic acids is 2. The van der Waals surface area contributed by atoms with E-state index in [4.69, 9.17) is 4.74 Å². The maximum Gasteiger partial charge on any atom is 0.338 e. The monoisotopic (exact) mass is 428 g/mol. The molecular weight excluding hydrogens is 400 g/mol. The summed E-state index contributed by atoms with van der Waals surface area (Å²) in [7, 11) is 0. The second kappa shape index (κ2) is 9.79. The van der Waals surface area contributed by atoms with Crippen LogP contribution in [-0.2, 0) is 24.2 Å². The second-order valence-electron chi connectivity index (χ2n) is 8.13. The normalized spacial score (nSPS) is 13.3. The lowest BCUT2D eigenvalue weighted by atomic mass is 9.99. The van der Waals surface area contributed by atoms with Crippen LogP contribution in [0.1, 0.15) is 49.9 Å². The number of carbonyl (C=O) groups is 2. The number of ether oxygens (including phenoxy) is 1. The average Bonchev–Trinajstić information content (AvgIpc) is 2.81. The number of aryl methyl sites for hydroxylation is 1. The molecule has 1 amide bonds. The SMILES string of the molecule is CCOC(=O)c1ccc(C)c(NC(=O)c2ccc(CN3CCc4ccccc4C3)cc2)c1. The van der Waals surface area contributed by atoms with Crippen LogP contribution < -0.4 is 5.32 Å². The molecule has 1 aliphatic rings. The minimum absolute atomic E-state index is 0.201. The highest BCUT2D eigenvalue weighted by Crippen LogP contribution is 2.21.